The van der Waals surface area contributed by atoms with E-state index in [9.17, 15) is 4.39 Å². The van der Waals surface area contributed by atoms with Crippen LogP contribution in [0.3, 0.4) is 0 Å². The van der Waals surface area contributed by atoms with Crippen LogP contribution in [0.5, 0.6) is 0 Å². The van der Waals surface area contributed by atoms with E-state index in [2.05, 4.69) is 18.7 Å². The smallest absolute Gasteiger partial charge is 0.146 e. The summed E-state index contributed by atoms with van der Waals surface area (Å²) in [6, 6.07) is 6.19. The van der Waals surface area contributed by atoms with Gasteiger partial charge in [-0.25, -0.2) is 4.39 Å². The first-order valence-corrected chi connectivity index (χ1v) is 7.28. The Morgan fingerprint density at radius 1 is 1.32 bits per heavy atom. The van der Waals surface area contributed by atoms with Crippen molar-refractivity contribution < 1.29 is 4.39 Å². The van der Waals surface area contributed by atoms with Gasteiger partial charge < -0.3 is 10.6 Å². The van der Waals surface area contributed by atoms with E-state index < -0.39 is 0 Å². The van der Waals surface area contributed by atoms with Crippen molar-refractivity contribution in [2.45, 2.75) is 52.1 Å². The third kappa shape index (κ3) is 3.93. The molecule has 1 saturated carbocycles. The minimum atomic E-state index is -0.106. The van der Waals surface area contributed by atoms with Gasteiger partial charge in [0.25, 0.3) is 0 Å². The summed E-state index contributed by atoms with van der Waals surface area (Å²) < 4.78 is 14.3. The van der Waals surface area contributed by atoms with E-state index in [-0.39, 0.29) is 11.9 Å². The molecule has 1 aromatic carbocycles. The number of anilines is 1. The summed E-state index contributed by atoms with van der Waals surface area (Å²) in [7, 11) is 0. The van der Waals surface area contributed by atoms with Crippen LogP contribution in [-0.4, -0.2) is 18.6 Å². The molecule has 1 unspecified atom stereocenters. The van der Waals surface area contributed by atoms with E-state index in [4.69, 9.17) is 5.73 Å². The molecule has 0 aromatic heterocycles. The summed E-state index contributed by atoms with van der Waals surface area (Å²) >= 11 is 0. The molecule has 0 aliphatic heterocycles. The van der Waals surface area contributed by atoms with Crippen molar-refractivity contribution in [3.8, 4) is 0 Å². The van der Waals surface area contributed by atoms with Gasteiger partial charge in [-0.3, -0.25) is 0 Å². The highest BCUT2D eigenvalue weighted by molar-refractivity contribution is 5.51. The van der Waals surface area contributed by atoms with Crippen molar-refractivity contribution in [1.82, 2.24) is 0 Å². The third-order valence-corrected chi connectivity index (χ3v) is 3.43. The first-order valence-electron chi connectivity index (χ1n) is 7.28. The van der Waals surface area contributed by atoms with Gasteiger partial charge in [0, 0.05) is 18.6 Å². The van der Waals surface area contributed by atoms with Crippen LogP contribution in [0, 0.1) is 11.7 Å². The van der Waals surface area contributed by atoms with E-state index in [0.717, 1.165) is 24.2 Å². The minimum absolute atomic E-state index is 0.0699. The molecule has 2 N–H and O–H groups in total. The fourth-order valence-electron chi connectivity index (χ4n) is 2.51. The summed E-state index contributed by atoms with van der Waals surface area (Å²) in [4.78, 5) is 2.23. The summed E-state index contributed by atoms with van der Waals surface area (Å²) in [5.41, 5.74) is 7.50. The fourth-order valence-corrected chi connectivity index (χ4v) is 2.51. The summed E-state index contributed by atoms with van der Waals surface area (Å²) in [6.07, 6.45) is 3.10. The number of halogens is 1. The molecule has 1 aromatic rings. The van der Waals surface area contributed by atoms with Crippen LogP contribution < -0.4 is 10.6 Å². The molecule has 3 heteroatoms. The molecule has 0 amide bonds. The van der Waals surface area contributed by atoms with Gasteiger partial charge in [-0.05, 0) is 49.8 Å². The van der Waals surface area contributed by atoms with Gasteiger partial charge in [-0.2, -0.15) is 0 Å². The molecular weight excluding hydrogens is 239 g/mol. The number of nitrogens with two attached hydrogens (primary N) is 1. The van der Waals surface area contributed by atoms with E-state index in [1.807, 2.05) is 19.1 Å². The number of nitrogens with zero attached hydrogens (tertiary/aromatic N) is 1. The molecule has 0 radical (unpaired) electrons. The predicted molar refractivity (Wildman–Crippen MR) is 79.0 cm³/mol. The lowest BCUT2D eigenvalue weighted by Gasteiger charge is -2.27. The molecule has 0 saturated heterocycles. The van der Waals surface area contributed by atoms with Crippen LogP contribution in [0.15, 0.2) is 18.2 Å². The lowest BCUT2D eigenvalue weighted by molar-refractivity contribution is 0.576. The quantitative estimate of drug-likeness (QED) is 0.854. The number of benzene rings is 1. The Morgan fingerprint density at radius 3 is 2.47 bits per heavy atom. The normalized spacial score (nSPS) is 16.7. The highest BCUT2D eigenvalue weighted by Crippen LogP contribution is 2.34. The molecule has 0 heterocycles. The van der Waals surface area contributed by atoms with Crippen molar-refractivity contribution >= 4 is 5.69 Å². The van der Waals surface area contributed by atoms with Gasteiger partial charge in [0.2, 0.25) is 0 Å². The van der Waals surface area contributed by atoms with E-state index in [1.54, 1.807) is 6.07 Å². The average Bonchev–Trinajstić information content (AvgIpc) is 3.09. The second-order valence-electron chi connectivity index (χ2n) is 6.24. The SMILES string of the molecule is CC(C)CN(c1ccc(CC(C)N)cc1F)C1CC1. The zero-order chi connectivity index (χ0) is 14.0. The van der Waals surface area contributed by atoms with Gasteiger partial charge >= 0.3 is 0 Å². The lowest BCUT2D eigenvalue weighted by Crippen LogP contribution is -2.30. The standard InChI is InChI=1S/C16H25FN2/c1-11(2)10-19(14-5-6-14)16-7-4-13(8-12(3)18)9-15(16)17/h4,7,9,11-12,14H,5-6,8,10,18H2,1-3H3. The predicted octanol–water partition coefficient (Wildman–Crippen LogP) is 3.34. The molecule has 0 bridgehead atoms. The second-order valence-corrected chi connectivity index (χ2v) is 6.24. The largest absolute Gasteiger partial charge is 0.366 e. The van der Waals surface area contributed by atoms with Gasteiger partial charge in [-0.1, -0.05) is 19.9 Å². The van der Waals surface area contributed by atoms with Gasteiger partial charge in [-0.15, -0.1) is 0 Å². The van der Waals surface area contributed by atoms with Crippen molar-refractivity contribution in [1.29, 1.82) is 0 Å². The Kier molecular flexibility index (Phi) is 4.46. The number of hydrogen-bond donors (Lipinski definition) is 1. The van der Waals surface area contributed by atoms with Crippen LogP contribution in [0.1, 0.15) is 39.2 Å². The maximum atomic E-state index is 14.3. The van der Waals surface area contributed by atoms with Crippen LogP contribution in [0.4, 0.5) is 10.1 Å². The zero-order valence-electron chi connectivity index (χ0n) is 12.2. The van der Waals surface area contributed by atoms with Gasteiger partial charge in [0.1, 0.15) is 5.82 Å². The first kappa shape index (κ1) is 14.3. The molecular formula is C16H25FN2. The summed E-state index contributed by atoms with van der Waals surface area (Å²) in [6.45, 7) is 7.23. The Bertz CT molecular complexity index is 425. The molecule has 0 spiro atoms. The molecule has 1 fully saturated rings. The molecule has 2 rings (SSSR count). The maximum Gasteiger partial charge on any atom is 0.146 e. The van der Waals surface area contributed by atoms with Crippen LogP contribution in [0.2, 0.25) is 0 Å². The molecule has 2 nitrogen and oxygen atoms in total. The first-order chi connectivity index (χ1) is 8.97. The van der Waals surface area contributed by atoms with Crippen molar-refractivity contribution in [3.05, 3.63) is 29.6 Å². The van der Waals surface area contributed by atoms with E-state index >= 15 is 0 Å². The molecule has 1 atom stereocenters. The van der Waals surface area contributed by atoms with Crippen molar-refractivity contribution in [2.75, 3.05) is 11.4 Å². The van der Waals surface area contributed by atoms with E-state index in [0.29, 0.717) is 12.0 Å². The Morgan fingerprint density at radius 2 is 2.00 bits per heavy atom. The monoisotopic (exact) mass is 264 g/mol. The number of hydrogen-bond acceptors (Lipinski definition) is 2. The summed E-state index contributed by atoms with van der Waals surface area (Å²) in [5.74, 6) is 0.439. The topological polar surface area (TPSA) is 29.3 Å². The zero-order valence-corrected chi connectivity index (χ0v) is 12.2. The van der Waals surface area contributed by atoms with Crippen molar-refractivity contribution in [3.63, 3.8) is 0 Å². The Balaban J connectivity index is 2.18. The molecule has 1 aliphatic rings. The average molecular weight is 264 g/mol. The highest BCUT2D eigenvalue weighted by Gasteiger charge is 2.31. The van der Waals surface area contributed by atoms with E-state index in [1.165, 1.54) is 12.8 Å². The second kappa shape index (κ2) is 5.91. The molecule has 19 heavy (non-hydrogen) atoms. The van der Waals surface area contributed by atoms with Crippen LogP contribution in [-0.2, 0) is 6.42 Å². The molecule has 106 valence electrons. The van der Waals surface area contributed by atoms with Crippen LogP contribution >= 0.6 is 0 Å². The Hall–Kier alpha value is -1.09. The molecule has 1 aliphatic carbocycles. The highest BCUT2D eigenvalue weighted by atomic mass is 19.1. The minimum Gasteiger partial charge on any atom is -0.366 e. The maximum absolute atomic E-state index is 14.3. The third-order valence-electron chi connectivity index (χ3n) is 3.43. The van der Waals surface area contributed by atoms with Crippen molar-refractivity contribution in [2.24, 2.45) is 11.7 Å². The Labute approximate surface area is 115 Å². The van der Waals surface area contributed by atoms with Gasteiger partial charge in [0.05, 0.1) is 5.69 Å². The fraction of sp³-hybridized carbons (Fsp3) is 0.625. The van der Waals surface area contributed by atoms with Crippen LogP contribution in [0.25, 0.3) is 0 Å². The van der Waals surface area contributed by atoms with Gasteiger partial charge in [0.15, 0.2) is 0 Å². The number of rotatable bonds is 6. The lowest BCUT2D eigenvalue weighted by atomic mass is 10.1. The summed E-state index contributed by atoms with van der Waals surface area (Å²) in [5, 5.41) is 0.